The fourth-order valence-corrected chi connectivity index (χ4v) is 2.34. The first-order valence-corrected chi connectivity index (χ1v) is 7.16. The summed E-state index contributed by atoms with van der Waals surface area (Å²) in [4.78, 5) is 6.11. The van der Waals surface area contributed by atoms with Crippen molar-refractivity contribution in [2.45, 2.75) is 0 Å². The molecule has 0 atom stereocenters. The molecule has 0 saturated carbocycles. The molecule has 4 nitrogen and oxygen atoms in total. The molecule has 2 aromatic rings. The van der Waals surface area contributed by atoms with E-state index in [-0.39, 0.29) is 0 Å². The van der Waals surface area contributed by atoms with Crippen LogP contribution in [-0.2, 0) is 0 Å². The topological polar surface area (TPSA) is 33.5 Å². The molecule has 0 N–H and O–H groups in total. The Kier molecular flexibility index (Phi) is 4.57. The summed E-state index contributed by atoms with van der Waals surface area (Å²) in [5, 5.41) is 9.34. The number of anilines is 4. The number of benzene rings is 2. The van der Waals surface area contributed by atoms with Crippen LogP contribution in [0.15, 0.2) is 42.5 Å². The second-order valence-corrected chi connectivity index (χ2v) is 5.68. The first-order valence-electron chi connectivity index (χ1n) is 7.16. The third kappa shape index (κ3) is 3.15. The highest BCUT2D eigenvalue weighted by Gasteiger charge is 2.09. The molecule has 0 aliphatic rings. The second-order valence-electron chi connectivity index (χ2n) is 5.68. The van der Waals surface area contributed by atoms with Crippen LogP contribution in [0.25, 0.3) is 0 Å². The van der Waals surface area contributed by atoms with Gasteiger partial charge in [0.05, 0.1) is 11.3 Å². The predicted molar refractivity (Wildman–Crippen MR) is 94.3 cm³/mol. The molecular formula is C18H22N4. The van der Waals surface area contributed by atoms with Crippen LogP contribution in [0.1, 0.15) is 5.56 Å². The molecule has 0 aliphatic heterocycles. The zero-order valence-corrected chi connectivity index (χ0v) is 13.8. The number of nitrogens with zero attached hydrogens (tertiary/aromatic N) is 4. The van der Waals surface area contributed by atoms with Gasteiger partial charge in [0.25, 0.3) is 0 Å². The molecule has 0 spiro atoms. The van der Waals surface area contributed by atoms with Crippen LogP contribution < -0.4 is 14.7 Å². The minimum atomic E-state index is 0.680. The number of nitriles is 1. The number of hydrogen-bond donors (Lipinski definition) is 0. The Morgan fingerprint density at radius 1 is 0.727 bits per heavy atom. The van der Waals surface area contributed by atoms with Crippen LogP contribution in [-0.4, -0.2) is 35.2 Å². The molecule has 0 aliphatic carbocycles. The summed E-state index contributed by atoms with van der Waals surface area (Å²) in [7, 11) is 9.95. The van der Waals surface area contributed by atoms with Crippen molar-refractivity contribution in [3.63, 3.8) is 0 Å². The maximum Gasteiger partial charge on any atom is 0.101 e. The van der Waals surface area contributed by atoms with E-state index in [1.54, 1.807) is 0 Å². The first-order chi connectivity index (χ1) is 10.4. The van der Waals surface area contributed by atoms with Crippen LogP contribution >= 0.6 is 0 Å². The van der Waals surface area contributed by atoms with E-state index in [0.29, 0.717) is 5.56 Å². The Labute approximate surface area is 132 Å². The largest absolute Gasteiger partial charge is 0.378 e. The fraction of sp³-hybridized carbons (Fsp3) is 0.278. The maximum atomic E-state index is 9.34. The van der Waals surface area contributed by atoms with Crippen molar-refractivity contribution in [3.05, 3.63) is 48.0 Å². The second kappa shape index (κ2) is 6.40. The van der Waals surface area contributed by atoms with Gasteiger partial charge in [0.1, 0.15) is 6.07 Å². The number of rotatable bonds is 4. The van der Waals surface area contributed by atoms with Crippen LogP contribution in [0, 0.1) is 11.3 Å². The van der Waals surface area contributed by atoms with Gasteiger partial charge in [-0.1, -0.05) is 0 Å². The van der Waals surface area contributed by atoms with Crippen LogP contribution in [0.2, 0.25) is 0 Å². The van der Waals surface area contributed by atoms with Crippen molar-refractivity contribution in [1.29, 1.82) is 5.26 Å². The average Bonchev–Trinajstić information content (AvgIpc) is 2.53. The van der Waals surface area contributed by atoms with E-state index in [4.69, 9.17) is 0 Å². The lowest BCUT2D eigenvalue weighted by Crippen LogP contribution is -2.13. The van der Waals surface area contributed by atoms with Gasteiger partial charge in [0.15, 0.2) is 0 Å². The molecule has 4 heteroatoms. The fourth-order valence-electron chi connectivity index (χ4n) is 2.34. The highest BCUT2D eigenvalue weighted by atomic mass is 15.1. The van der Waals surface area contributed by atoms with Crippen molar-refractivity contribution < 1.29 is 0 Å². The quantitative estimate of drug-likeness (QED) is 0.864. The Morgan fingerprint density at radius 3 is 1.77 bits per heavy atom. The van der Waals surface area contributed by atoms with Gasteiger partial charge in [-0.25, -0.2) is 0 Å². The summed E-state index contributed by atoms with van der Waals surface area (Å²) in [6, 6.07) is 16.6. The molecule has 0 bridgehead atoms. The van der Waals surface area contributed by atoms with Crippen LogP contribution in [0.4, 0.5) is 22.7 Å². The minimum absolute atomic E-state index is 0.680. The summed E-state index contributed by atoms with van der Waals surface area (Å²) in [5.41, 5.74) is 4.87. The minimum Gasteiger partial charge on any atom is -0.378 e. The van der Waals surface area contributed by atoms with E-state index in [0.717, 1.165) is 22.7 Å². The molecule has 2 rings (SSSR count). The van der Waals surface area contributed by atoms with Crippen LogP contribution in [0.5, 0.6) is 0 Å². The highest BCUT2D eigenvalue weighted by molar-refractivity contribution is 5.71. The standard InChI is InChI=1S/C18H22N4/c1-20(2)15-6-8-16(9-7-15)22(5)17-10-11-18(21(3)4)14(12-17)13-19/h6-12H,1-5H3. The molecule has 0 fully saturated rings. The van der Waals surface area contributed by atoms with E-state index in [1.165, 1.54) is 0 Å². The highest BCUT2D eigenvalue weighted by Crippen LogP contribution is 2.29. The van der Waals surface area contributed by atoms with Gasteiger partial charge in [0, 0.05) is 52.3 Å². The smallest absolute Gasteiger partial charge is 0.101 e. The van der Waals surface area contributed by atoms with Crippen molar-refractivity contribution >= 4 is 22.7 Å². The molecule has 0 heterocycles. The van der Waals surface area contributed by atoms with Gasteiger partial charge in [-0.3, -0.25) is 0 Å². The molecular weight excluding hydrogens is 272 g/mol. The first kappa shape index (κ1) is 15.7. The molecule has 2 aromatic carbocycles. The summed E-state index contributed by atoms with van der Waals surface area (Å²) < 4.78 is 0. The predicted octanol–water partition coefficient (Wildman–Crippen LogP) is 3.46. The molecule has 0 unspecified atom stereocenters. The lowest BCUT2D eigenvalue weighted by molar-refractivity contribution is 1.12. The lowest BCUT2D eigenvalue weighted by Gasteiger charge is -2.23. The van der Waals surface area contributed by atoms with E-state index in [2.05, 4.69) is 40.1 Å². The Balaban J connectivity index is 2.33. The van der Waals surface area contributed by atoms with Crippen molar-refractivity contribution in [2.75, 3.05) is 49.9 Å². The van der Waals surface area contributed by atoms with Gasteiger partial charge >= 0.3 is 0 Å². The normalized spacial score (nSPS) is 10.0. The zero-order valence-electron chi connectivity index (χ0n) is 13.8. The lowest BCUT2D eigenvalue weighted by atomic mass is 10.1. The SMILES string of the molecule is CN(C)c1ccc(N(C)c2ccc(N(C)C)c(C#N)c2)cc1. The molecule has 114 valence electrons. The molecule has 0 aromatic heterocycles. The average molecular weight is 294 g/mol. The molecule has 0 saturated heterocycles. The summed E-state index contributed by atoms with van der Waals surface area (Å²) in [5.74, 6) is 0. The summed E-state index contributed by atoms with van der Waals surface area (Å²) in [6.07, 6.45) is 0. The van der Waals surface area contributed by atoms with Crippen molar-refractivity contribution in [2.24, 2.45) is 0 Å². The molecule has 0 amide bonds. The van der Waals surface area contributed by atoms with Crippen LogP contribution in [0.3, 0.4) is 0 Å². The Morgan fingerprint density at radius 2 is 1.27 bits per heavy atom. The van der Waals surface area contributed by atoms with Crippen molar-refractivity contribution in [3.8, 4) is 6.07 Å². The third-order valence-corrected chi connectivity index (χ3v) is 3.72. The molecule has 22 heavy (non-hydrogen) atoms. The van der Waals surface area contributed by atoms with E-state index in [1.807, 2.05) is 58.3 Å². The van der Waals surface area contributed by atoms with E-state index in [9.17, 15) is 5.26 Å². The Bertz CT molecular complexity index is 681. The number of hydrogen-bond acceptors (Lipinski definition) is 4. The van der Waals surface area contributed by atoms with Crippen molar-refractivity contribution in [1.82, 2.24) is 0 Å². The summed E-state index contributed by atoms with van der Waals surface area (Å²) >= 11 is 0. The zero-order chi connectivity index (χ0) is 16.3. The van der Waals surface area contributed by atoms with Gasteiger partial charge in [-0.2, -0.15) is 5.26 Å². The third-order valence-electron chi connectivity index (χ3n) is 3.72. The van der Waals surface area contributed by atoms with Gasteiger partial charge in [0.2, 0.25) is 0 Å². The van der Waals surface area contributed by atoms with E-state index >= 15 is 0 Å². The maximum absolute atomic E-state index is 9.34. The van der Waals surface area contributed by atoms with Gasteiger partial charge in [-0.15, -0.1) is 0 Å². The monoisotopic (exact) mass is 294 g/mol. The van der Waals surface area contributed by atoms with Gasteiger partial charge < -0.3 is 14.7 Å². The van der Waals surface area contributed by atoms with Gasteiger partial charge in [-0.05, 0) is 42.5 Å². The summed E-state index contributed by atoms with van der Waals surface area (Å²) in [6.45, 7) is 0. The molecule has 0 radical (unpaired) electrons. The van der Waals surface area contributed by atoms with E-state index < -0.39 is 0 Å². The Hall–Kier alpha value is -2.67.